The average Bonchev–Trinajstić information content (AvgIpc) is 2.14. The third-order valence-corrected chi connectivity index (χ3v) is 3.25. The zero-order valence-electron chi connectivity index (χ0n) is 10.6. The number of hydrogen-bond donors (Lipinski definition) is 0. The minimum Gasteiger partial charge on any atom is -0.0961 e. The molecule has 0 aromatic carbocycles. The molecule has 0 N–H and O–H groups in total. The first-order valence-electron chi connectivity index (χ1n) is 5.92. The Labute approximate surface area is 94.8 Å². The Bertz CT molecular complexity index is 284. The maximum atomic E-state index is 3.88. The van der Waals surface area contributed by atoms with E-state index >= 15 is 0 Å². The molecule has 1 unspecified atom stereocenters. The largest absolute Gasteiger partial charge is 0.0961 e. The van der Waals surface area contributed by atoms with Gasteiger partial charge < -0.3 is 0 Å². The summed E-state index contributed by atoms with van der Waals surface area (Å²) in [7, 11) is 0. The van der Waals surface area contributed by atoms with Crippen LogP contribution in [0.15, 0.2) is 36.0 Å². The summed E-state index contributed by atoms with van der Waals surface area (Å²) < 4.78 is 0. The van der Waals surface area contributed by atoms with Crippen LogP contribution >= 0.6 is 0 Å². The van der Waals surface area contributed by atoms with Crippen LogP contribution in [-0.4, -0.2) is 0 Å². The summed E-state index contributed by atoms with van der Waals surface area (Å²) >= 11 is 0. The molecule has 0 heteroatoms. The fourth-order valence-corrected chi connectivity index (χ4v) is 2.04. The Hall–Kier alpha value is -0.780. The van der Waals surface area contributed by atoms with Gasteiger partial charge in [0.2, 0.25) is 0 Å². The predicted octanol–water partition coefficient (Wildman–Crippen LogP) is 4.89. The van der Waals surface area contributed by atoms with E-state index in [2.05, 4.69) is 45.6 Å². The minimum absolute atomic E-state index is 0.458. The normalized spacial score (nSPS) is 22.9. The molecule has 0 saturated carbocycles. The van der Waals surface area contributed by atoms with Crippen LogP contribution in [0.2, 0.25) is 0 Å². The van der Waals surface area contributed by atoms with E-state index in [1.165, 1.54) is 24.8 Å². The van der Waals surface area contributed by atoms with Crippen molar-refractivity contribution in [2.45, 2.75) is 47.0 Å². The third-order valence-electron chi connectivity index (χ3n) is 3.25. The fraction of sp³-hybridized carbons (Fsp3) is 0.600. The molecule has 1 rings (SSSR count). The van der Waals surface area contributed by atoms with Crippen LogP contribution in [0.4, 0.5) is 0 Å². The highest BCUT2D eigenvalue weighted by Gasteiger charge is 2.25. The Morgan fingerprint density at radius 3 is 2.53 bits per heavy atom. The summed E-state index contributed by atoms with van der Waals surface area (Å²) in [6.45, 7) is 13.0. The standard InChI is InChI=1S/C15H24/c1-12(2)6-7-13-8-10-14(11-9-13)15(3,4)5/h6-8,14H,1,9-11H2,2-5H3/b7-6+. The lowest BCUT2D eigenvalue weighted by Crippen LogP contribution is -2.21. The molecule has 0 amide bonds. The lowest BCUT2D eigenvalue weighted by Gasteiger charge is -2.32. The second-order valence-corrected chi connectivity index (χ2v) is 5.80. The molecule has 0 nitrogen and oxygen atoms in total. The van der Waals surface area contributed by atoms with Gasteiger partial charge in [-0.2, -0.15) is 0 Å². The molecule has 84 valence electrons. The lowest BCUT2D eigenvalue weighted by molar-refractivity contribution is 0.221. The van der Waals surface area contributed by atoms with Gasteiger partial charge in [-0.25, -0.2) is 0 Å². The van der Waals surface area contributed by atoms with E-state index in [1.807, 2.05) is 6.92 Å². The van der Waals surface area contributed by atoms with E-state index in [-0.39, 0.29) is 0 Å². The van der Waals surface area contributed by atoms with Crippen molar-refractivity contribution < 1.29 is 0 Å². The van der Waals surface area contributed by atoms with Crippen molar-refractivity contribution >= 4 is 0 Å². The van der Waals surface area contributed by atoms with Crippen LogP contribution in [0.5, 0.6) is 0 Å². The van der Waals surface area contributed by atoms with Gasteiger partial charge >= 0.3 is 0 Å². The van der Waals surface area contributed by atoms with E-state index in [9.17, 15) is 0 Å². The molecule has 1 atom stereocenters. The van der Waals surface area contributed by atoms with Crippen molar-refractivity contribution in [1.82, 2.24) is 0 Å². The predicted molar refractivity (Wildman–Crippen MR) is 68.8 cm³/mol. The molecule has 15 heavy (non-hydrogen) atoms. The van der Waals surface area contributed by atoms with Gasteiger partial charge in [0.25, 0.3) is 0 Å². The van der Waals surface area contributed by atoms with Crippen molar-refractivity contribution in [2.24, 2.45) is 11.3 Å². The van der Waals surface area contributed by atoms with Crippen LogP contribution in [0.3, 0.4) is 0 Å². The quantitative estimate of drug-likeness (QED) is 0.562. The molecule has 0 bridgehead atoms. The SMILES string of the molecule is C=C(C)/C=C/C1=CCC(C(C)(C)C)CC1. The highest BCUT2D eigenvalue weighted by Crippen LogP contribution is 2.37. The Morgan fingerprint density at radius 2 is 2.13 bits per heavy atom. The first kappa shape index (κ1) is 12.3. The van der Waals surface area contributed by atoms with Crippen molar-refractivity contribution in [3.05, 3.63) is 36.0 Å². The fourth-order valence-electron chi connectivity index (χ4n) is 2.04. The molecule has 0 aromatic heterocycles. The second-order valence-electron chi connectivity index (χ2n) is 5.80. The van der Waals surface area contributed by atoms with E-state index in [0.717, 1.165) is 11.5 Å². The maximum absolute atomic E-state index is 3.88. The van der Waals surface area contributed by atoms with E-state index < -0.39 is 0 Å². The smallest absolute Gasteiger partial charge is 0.0279 e. The number of rotatable bonds is 2. The van der Waals surface area contributed by atoms with Crippen molar-refractivity contribution in [1.29, 1.82) is 0 Å². The van der Waals surface area contributed by atoms with Gasteiger partial charge in [-0.05, 0) is 37.5 Å². The summed E-state index contributed by atoms with van der Waals surface area (Å²) in [5, 5.41) is 0. The second kappa shape index (κ2) is 4.83. The highest BCUT2D eigenvalue weighted by atomic mass is 14.3. The summed E-state index contributed by atoms with van der Waals surface area (Å²) in [6, 6.07) is 0. The first-order valence-corrected chi connectivity index (χ1v) is 5.92. The minimum atomic E-state index is 0.458. The van der Waals surface area contributed by atoms with E-state index in [0.29, 0.717) is 5.41 Å². The van der Waals surface area contributed by atoms with Crippen LogP contribution < -0.4 is 0 Å². The van der Waals surface area contributed by atoms with Crippen LogP contribution in [0.25, 0.3) is 0 Å². The van der Waals surface area contributed by atoms with Crippen molar-refractivity contribution in [3.63, 3.8) is 0 Å². The number of hydrogen-bond acceptors (Lipinski definition) is 0. The molecule has 0 aromatic rings. The highest BCUT2D eigenvalue weighted by molar-refractivity contribution is 5.26. The molecule has 0 aliphatic heterocycles. The molecule has 0 heterocycles. The molecule has 0 radical (unpaired) electrons. The maximum Gasteiger partial charge on any atom is -0.0279 e. The Balaban J connectivity index is 2.56. The zero-order chi connectivity index (χ0) is 11.5. The average molecular weight is 204 g/mol. The van der Waals surface area contributed by atoms with Crippen LogP contribution in [0, 0.1) is 11.3 Å². The Kier molecular flexibility index (Phi) is 3.96. The van der Waals surface area contributed by atoms with Gasteiger partial charge in [-0.15, -0.1) is 0 Å². The molecule has 0 fully saturated rings. The van der Waals surface area contributed by atoms with Gasteiger partial charge in [0, 0.05) is 0 Å². The van der Waals surface area contributed by atoms with Gasteiger partial charge in [0.1, 0.15) is 0 Å². The zero-order valence-corrected chi connectivity index (χ0v) is 10.6. The van der Waals surface area contributed by atoms with Gasteiger partial charge in [0.05, 0.1) is 0 Å². The monoisotopic (exact) mass is 204 g/mol. The molecule has 0 spiro atoms. The molecular weight excluding hydrogens is 180 g/mol. The molecular formula is C15H24. The lowest BCUT2D eigenvalue weighted by atomic mass is 9.73. The van der Waals surface area contributed by atoms with Crippen molar-refractivity contribution in [3.8, 4) is 0 Å². The molecule has 0 saturated heterocycles. The topological polar surface area (TPSA) is 0 Å². The molecule has 1 aliphatic carbocycles. The first-order chi connectivity index (χ1) is 6.89. The van der Waals surface area contributed by atoms with Crippen LogP contribution in [0.1, 0.15) is 47.0 Å². The number of allylic oxidation sites excluding steroid dienone is 5. The summed E-state index contributed by atoms with van der Waals surface area (Å²) in [4.78, 5) is 0. The van der Waals surface area contributed by atoms with Gasteiger partial charge in [-0.3, -0.25) is 0 Å². The summed E-state index contributed by atoms with van der Waals surface area (Å²) in [6.07, 6.45) is 10.5. The summed E-state index contributed by atoms with van der Waals surface area (Å²) in [5.41, 5.74) is 3.08. The Morgan fingerprint density at radius 1 is 1.47 bits per heavy atom. The van der Waals surface area contributed by atoms with E-state index in [1.54, 1.807) is 0 Å². The van der Waals surface area contributed by atoms with Gasteiger partial charge in [-0.1, -0.05) is 56.7 Å². The van der Waals surface area contributed by atoms with Gasteiger partial charge in [0.15, 0.2) is 0 Å². The molecule has 1 aliphatic rings. The van der Waals surface area contributed by atoms with Crippen LogP contribution in [-0.2, 0) is 0 Å². The third kappa shape index (κ3) is 4.07. The summed E-state index contributed by atoms with van der Waals surface area (Å²) in [5.74, 6) is 0.847. The van der Waals surface area contributed by atoms with Crippen molar-refractivity contribution in [2.75, 3.05) is 0 Å². The van der Waals surface area contributed by atoms with E-state index in [4.69, 9.17) is 0 Å².